The van der Waals surface area contributed by atoms with Crippen LogP contribution in [0, 0.1) is 5.92 Å². The van der Waals surface area contributed by atoms with Crippen molar-refractivity contribution in [1.29, 1.82) is 0 Å². The number of rotatable bonds is 6. The molecule has 5 nitrogen and oxygen atoms in total. The summed E-state index contributed by atoms with van der Waals surface area (Å²) in [5.74, 6) is 1.80. The Kier molecular flexibility index (Phi) is 4.43. The summed E-state index contributed by atoms with van der Waals surface area (Å²) in [5, 5.41) is 4.54. The Bertz CT molecular complexity index is 613. The second-order valence-corrected chi connectivity index (χ2v) is 6.41. The van der Waals surface area contributed by atoms with Crippen LogP contribution in [0.1, 0.15) is 31.7 Å². The molecule has 1 aliphatic carbocycles. The molecule has 1 fully saturated rings. The van der Waals surface area contributed by atoms with E-state index in [4.69, 9.17) is 5.73 Å². The van der Waals surface area contributed by atoms with Gasteiger partial charge in [-0.1, -0.05) is 6.07 Å². The third-order valence-corrected chi connectivity index (χ3v) is 4.49. The van der Waals surface area contributed by atoms with Crippen molar-refractivity contribution in [3.8, 4) is 11.3 Å². The van der Waals surface area contributed by atoms with Crippen LogP contribution >= 0.6 is 0 Å². The molecule has 1 saturated carbocycles. The van der Waals surface area contributed by atoms with Crippen LogP contribution in [0.2, 0.25) is 0 Å². The Morgan fingerprint density at radius 2 is 2.14 bits per heavy atom. The number of hydrogen-bond acceptors (Lipinski definition) is 4. The summed E-state index contributed by atoms with van der Waals surface area (Å²) >= 11 is 0. The van der Waals surface area contributed by atoms with Crippen LogP contribution in [0.5, 0.6) is 0 Å². The topological polar surface area (TPSA) is 60.0 Å². The van der Waals surface area contributed by atoms with Gasteiger partial charge in [-0.15, -0.1) is 0 Å². The Hall–Kier alpha value is -1.88. The number of nitrogens with zero attached hydrogens (tertiary/aromatic N) is 4. The molecule has 0 radical (unpaired) electrons. The molecular formula is C17H25N5. The predicted octanol–water partition coefficient (Wildman–Crippen LogP) is 2.70. The summed E-state index contributed by atoms with van der Waals surface area (Å²) in [6.45, 7) is 0.807. The fourth-order valence-corrected chi connectivity index (χ4v) is 3.06. The first-order valence-corrected chi connectivity index (χ1v) is 8.06. The van der Waals surface area contributed by atoms with Gasteiger partial charge in [0, 0.05) is 25.9 Å². The van der Waals surface area contributed by atoms with E-state index in [1.807, 2.05) is 43.4 Å². The van der Waals surface area contributed by atoms with Crippen LogP contribution in [0.3, 0.4) is 0 Å². The van der Waals surface area contributed by atoms with Gasteiger partial charge in [0.1, 0.15) is 5.82 Å². The summed E-state index contributed by atoms with van der Waals surface area (Å²) in [5.41, 5.74) is 7.65. The number of anilines is 1. The highest BCUT2D eigenvalue weighted by Crippen LogP contribution is 2.40. The van der Waals surface area contributed by atoms with E-state index in [0.29, 0.717) is 6.04 Å². The van der Waals surface area contributed by atoms with E-state index in [-0.39, 0.29) is 0 Å². The van der Waals surface area contributed by atoms with E-state index >= 15 is 0 Å². The van der Waals surface area contributed by atoms with E-state index in [1.54, 1.807) is 0 Å². The van der Waals surface area contributed by atoms with Crippen molar-refractivity contribution in [2.24, 2.45) is 11.7 Å². The molecule has 0 amide bonds. The molecule has 5 heteroatoms. The Labute approximate surface area is 132 Å². The quantitative estimate of drug-likeness (QED) is 0.891. The molecule has 0 spiro atoms. The van der Waals surface area contributed by atoms with Gasteiger partial charge in [0.15, 0.2) is 0 Å². The minimum atomic E-state index is 0.550. The largest absolute Gasteiger partial charge is 0.363 e. The lowest BCUT2D eigenvalue weighted by Crippen LogP contribution is -2.27. The summed E-state index contributed by atoms with van der Waals surface area (Å²) < 4.78 is 2.11. The molecule has 0 atom stereocenters. The number of hydrogen-bond donors (Lipinski definition) is 1. The van der Waals surface area contributed by atoms with Crippen molar-refractivity contribution in [3.05, 3.63) is 30.6 Å². The SMILES string of the molecule is CN(C)c1cccc(-c2cnn(C3CC(CCCN)C3)c2)n1. The third-order valence-electron chi connectivity index (χ3n) is 4.49. The van der Waals surface area contributed by atoms with E-state index in [1.165, 1.54) is 19.3 Å². The highest BCUT2D eigenvalue weighted by molar-refractivity contribution is 5.59. The molecule has 118 valence electrons. The maximum atomic E-state index is 5.57. The molecule has 22 heavy (non-hydrogen) atoms. The van der Waals surface area contributed by atoms with Crippen LogP contribution in [-0.2, 0) is 0 Å². The third kappa shape index (κ3) is 3.14. The van der Waals surface area contributed by atoms with Gasteiger partial charge in [-0.2, -0.15) is 5.10 Å². The molecule has 0 unspecified atom stereocenters. The van der Waals surface area contributed by atoms with Gasteiger partial charge in [0.25, 0.3) is 0 Å². The molecule has 2 aromatic rings. The van der Waals surface area contributed by atoms with Gasteiger partial charge in [-0.3, -0.25) is 4.68 Å². The lowest BCUT2D eigenvalue weighted by molar-refractivity contribution is 0.171. The molecule has 2 heterocycles. The smallest absolute Gasteiger partial charge is 0.128 e. The Balaban J connectivity index is 1.66. The summed E-state index contributed by atoms with van der Waals surface area (Å²) in [6, 6.07) is 6.65. The van der Waals surface area contributed by atoms with Crippen LogP contribution in [0.25, 0.3) is 11.3 Å². The van der Waals surface area contributed by atoms with Crippen LogP contribution < -0.4 is 10.6 Å². The van der Waals surface area contributed by atoms with Gasteiger partial charge in [-0.25, -0.2) is 4.98 Å². The average molecular weight is 299 g/mol. The fraction of sp³-hybridized carbons (Fsp3) is 0.529. The molecule has 0 saturated heterocycles. The van der Waals surface area contributed by atoms with Crippen LogP contribution in [0.4, 0.5) is 5.82 Å². The monoisotopic (exact) mass is 299 g/mol. The van der Waals surface area contributed by atoms with E-state index in [0.717, 1.165) is 36.0 Å². The lowest BCUT2D eigenvalue weighted by atomic mass is 9.77. The maximum absolute atomic E-state index is 5.57. The summed E-state index contributed by atoms with van der Waals surface area (Å²) in [7, 11) is 4.01. The van der Waals surface area contributed by atoms with Gasteiger partial charge in [0.2, 0.25) is 0 Å². The molecular weight excluding hydrogens is 274 g/mol. The zero-order valence-electron chi connectivity index (χ0n) is 13.4. The minimum Gasteiger partial charge on any atom is -0.363 e. The average Bonchev–Trinajstić information content (AvgIpc) is 2.95. The normalized spacial score (nSPS) is 20.7. The van der Waals surface area contributed by atoms with Gasteiger partial charge >= 0.3 is 0 Å². The summed E-state index contributed by atoms with van der Waals surface area (Å²) in [6.07, 6.45) is 8.91. The Morgan fingerprint density at radius 1 is 1.32 bits per heavy atom. The molecule has 1 aliphatic rings. The van der Waals surface area contributed by atoms with Gasteiger partial charge in [-0.05, 0) is 50.3 Å². The lowest BCUT2D eigenvalue weighted by Gasteiger charge is -2.35. The second-order valence-electron chi connectivity index (χ2n) is 6.41. The summed E-state index contributed by atoms with van der Waals surface area (Å²) in [4.78, 5) is 6.69. The van der Waals surface area contributed by atoms with Crippen molar-refractivity contribution in [2.75, 3.05) is 25.5 Å². The fourth-order valence-electron chi connectivity index (χ4n) is 3.06. The molecule has 0 aliphatic heterocycles. The first-order valence-electron chi connectivity index (χ1n) is 8.06. The Morgan fingerprint density at radius 3 is 2.86 bits per heavy atom. The first-order chi connectivity index (χ1) is 10.7. The van der Waals surface area contributed by atoms with Crippen molar-refractivity contribution >= 4 is 5.82 Å². The highest BCUT2D eigenvalue weighted by atomic mass is 15.3. The first kappa shape index (κ1) is 15.0. The van der Waals surface area contributed by atoms with Crippen molar-refractivity contribution in [1.82, 2.24) is 14.8 Å². The maximum Gasteiger partial charge on any atom is 0.128 e. The van der Waals surface area contributed by atoms with Crippen molar-refractivity contribution in [2.45, 2.75) is 31.7 Å². The molecule has 0 aromatic carbocycles. The van der Waals surface area contributed by atoms with Crippen molar-refractivity contribution < 1.29 is 0 Å². The van der Waals surface area contributed by atoms with Crippen LogP contribution in [-0.4, -0.2) is 35.4 Å². The van der Waals surface area contributed by atoms with Crippen molar-refractivity contribution in [3.63, 3.8) is 0 Å². The number of aromatic nitrogens is 3. The van der Waals surface area contributed by atoms with Crippen LogP contribution in [0.15, 0.2) is 30.6 Å². The van der Waals surface area contributed by atoms with Gasteiger partial charge < -0.3 is 10.6 Å². The van der Waals surface area contributed by atoms with E-state index < -0.39 is 0 Å². The number of pyridine rings is 1. The molecule has 0 bridgehead atoms. The standard InChI is InChI=1S/C17H25N5/c1-21(2)17-7-3-6-16(20-17)14-11-19-22(12-14)15-9-13(10-15)5-4-8-18/h3,6-7,11-13,15H,4-5,8-10,18H2,1-2H3. The van der Waals surface area contributed by atoms with E-state index in [2.05, 4.69) is 21.0 Å². The van der Waals surface area contributed by atoms with Gasteiger partial charge in [0.05, 0.1) is 17.9 Å². The minimum absolute atomic E-state index is 0.550. The zero-order valence-corrected chi connectivity index (χ0v) is 13.4. The molecule has 3 rings (SSSR count). The second kappa shape index (κ2) is 6.48. The molecule has 2 N–H and O–H groups in total. The zero-order chi connectivity index (χ0) is 15.5. The predicted molar refractivity (Wildman–Crippen MR) is 89.8 cm³/mol. The van der Waals surface area contributed by atoms with E-state index in [9.17, 15) is 0 Å². The number of nitrogens with two attached hydrogens (primary N) is 1. The molecule has 2 aromatic heterocycles. The highest BCUT2D eigenvalue weighted by Gasteiger charge is 2.30.